The number of methoxy groups -OCH3 is 2. The van der Waals surface area contributed by atoms with Crippen molar-refractivity contribution in [2.45, 2.75) is 6.54 Å². The number of aromatic nitrogens is 1. The summed E-state index contributed by atoms with van der Waals surface area (Å²) in [5, 5.41) is 3.48. The van der Waals surface area contributed by atoms with Crippen LogP contribution in [0.25, 0.3) is 6.08 Å². The number of benzene rings is 2. The van der Waals surface area contributed by atoms with E-state index in [0.717, 1.165) is 28.3 Å². The van der Waals surface area contributed by atoms with E-state index in [-0.39, 0.29) is 0 Å². The third kappa shape index (κ3) is 4.09. The Morgan fingerprint density at radius 2 is 1.79 bits per heavy atom. The number of fused-ring (bicyclic) bond motifs is 1. The Labute approximate surface area is 183 Å². The van der Waals surface area contributed by atoms with Crippen molar-refractivity contribution in [3.05, 3.63) is 69.6 Å². The van der Waals surface area contributed by atoms with Gasteiger partial charge in [-0.05, 0) is 65.1 Å². The molecule has 29 heavy (non-hydrogen) atoms. The van der Waals surface area contributed by atoms with Crippen LogP contribution in [0.3, 0.4) is 0 Å². The predicted octanol–water partition coefficient (Wildman–Crippen LogP) is 5.02. The smallest absolute Gasteiger partial charge is 0.162 e. The third-order valence-corrected chi connectivity index (χ3v) is 5.46. The zero-order chi connectivity index (χ0) is 20.4. The number of nitrogens with one attached hydrogen (secondary N) is 1. The fourth-order valence-electron chi connectivity index (χ4n) is 3.28. The van der Waals surface area contributed by atoms with E-state index < -0.39 is 0 Å². The molecule has 2 heterocycles. The molecule has 4 rings (SSSR count). The molecule has 0 fully saturated rings. The minimum Gasteiger partial charge on any atom is -0.493 e. The number of pyridine rings is 1. The molecular formula is C22H21IN4O2. The van der Waals surface area contributed by atoms with E-state index in [1.165, 1.54) is 3.57 Å². The summed E-state index contributed by atoms with van der Waals surface area (Å²) in [6.07, 6.45) is 3.98. The van der Waals surface area contributed by atoms with Crippen molar-refractivity contribution >= 4 is 51.5 Å². The highest BCUT2D eigenvalue weighted by molar-refractivity contribution is 14.1. The molecule has 1 aliphatic heterocycles. The van der Waals surface area contributed by atoms with Crippen LogP contribution in [0.2, 0.25) is 0 Å². The van der Waals surface area contributed by atoms with E-state index in [2.05, 4.69) is 62.1 Å². The third-order valence-electron chi connectivity index (χ3n) is 4.74. The Hall–Kier alpha value is -2.94. The minimum absolute atomic E-state index is 0.487. The number of rotatable bonds is 5. The molecule has 1 aliphatic rings. The Kier molecular flexibility index (Phi) is 5.48. The van der Waals surface area contributed by atoms with Crippen LogP contribution in [-0.4, -0.2) is 19.2 Å². The maximum absolute atomic E-state index is 6.05. The molecule has 1 aromatic heterocycles. The topological polar surface area (TPSA) is 72.6 Å². The second-order valence-electron chi connectivity index (χ2n) is 6.57. The van der Waals surface area contributed by atoms with Crippen LogP contribution in [0.4, 0.5) is 22.9 Å². The maximum Gasteiger partial charge on any atom is 0.162 e. The molecular weight excluding hydrogens is 479 g/mol. The van der Waals surface area contributed by atoms with E-state index >= 15 is 0 Å². The van der Waals surface area contributed by atoms with Crippen molar-refractivity contribution in [2.75, 3.05) is 30.2 Å². The SMILES string of the molecule is COc1ccc(N2C=Cc3nc(N)cc(Nc4ccc(I)cc4)c3C2)cc1OC. The first-order valence-electron chi connectivity index (χ1n) is 9.06. The number of nitrogens with two attached hydrogens (primary N) is 1. The quantitative estimate of drug-likeness (QED) is 0.480. The molecule has 0 atom stereocenters. The Balaban J connectivity index is 1.67. The maximum atomic E-state index is 6.05. The summed E-state index contributed by atoms with van der Waals surface area (Å²) in [4.78, 5) is 6.64. The van der Waals surface area contributed by atoms with E-state index in [1.54, 1.807) is 14.2 Å². The van der Waals surface area contributed by atoms with Gasteiger partial charge in [0, 0.05) is 44.5 Å². The summed E-state index contributed by atoms with van der Waals surface area (Å²) in [5.74, 6) is 1.88. The summed E-state index contributed by atoms with van der Waals surface area (Å²) in [6, 6.07) is 16.0. The summed E-state index contributed by atoms with van der Waals surface area (Å²) < 4.78 is 12.0. The zero-order valence-corrected chi connectivity index (χ0v) is 18.3. The number of nitrogens with zero attached hydrogens (tertiary/aromatic N) is 2. The molecule has 0 amide bonds. The molecule has 0 aliphatic carbocycles. The minimum atomic E-state index is 0.487. The van der Waals surface area contributed by atoms with Crippen LogP contribution >= 0.6 is 22.6 Å². The predicted molar refractivity (Wildman–Crippen MR) is 126 cm³/mol. The van der Waals surface area contributed by atoms with Gasteiger partial charge in [-0.25, -0.2) is 4.98 Å². The van der Waals surface area contributed by atoms with Gasteiger partial charge in [0.05, 0.1) is 26.5 Å². The van der Waals surface area contributed by atoms with Crippen molar-refractivity contribution < 1.29 is 9.47 Å². The monoisotopic (exact) mass is 500 g/mol. The second kappa shape index (κ2) is 8.20. The van der Waals surface area contributed by atoms with Crippen molar-refractivity contribution in [1.29, 1.82) is 0 Å². The standard InChI is InChI=1S/C22H21IN4O2/c1-28-20-8-7-16(11-21(20)29-2)27-10-9-18-17(13-27)19(12-22(24)26-18)25-15-5-3-14(23)4-6-15/h3-12H,13H2,1-2H3,(H3,24,25,26). The lowest BCUT2D eigenvalue weighted by Crippen LogP contribution is -2.21. The lowest BCUT2D eigenvalue weighted by molar-refractivity contribution is 0.355. The average molecular weight is 500 g/mol. The fraction of sp³-hybridized carbons (Fsp3) is 0.136. The molecule has 0 unspecified atom stereocenters. The highest BCUT2D eigenvalue weighted by atomic mass is 127. The van der Waals surface area contributed by atoms with Crippen LogP contribution in [0.1, 0.15) is 11.3 Å². The number of hydrogen-bond donors (Lipinski definition) is 2. The lowest BCUT2D eigenvalue weighted by atomic mass is 10.1. The largest absolute Gasteiger partial charge is 0.493 e. The van der Waals surface area contributed by atoms with E-state index in [9.17, 15) is 0 Å². The van der Waals surface area contributed by atoms with E-state index in [1.807, 2.05) is 36.5 Å². The molecule has 3 aromatic rings. The first-order chi connectivity index (χ1) is 14.1. The average Bonchev–Trinajstić information content (AvgIpc) is 2.74. The van der Waals surface area contributed by atoms with Crippen molar-refractivity contribution in [1.82, 2.24) is 4.98 Å². The lowest BCUT2D eigenvalue weighted by Gasteiger charge is -2.27. The van der Waals surface area contributed by atoms with Gasteiger partial charge in [0.2, 0.25) is 0 Å². The van der Waals surface area contributed by atoms with Gasteiger partial charge >= 0.3 is 0 Å². The van der Waals surface area contributed by atoms with E-state index in [4.69, 9.17) is 15.2 Å². The molecule has 3 N–H and O–H groups in total. The van der Waals surface area contributed by atoms with Gasteiger partial charge in [0.25, 0.3) is 0 Å². The van der Waals surface area contributed by atoms with Crippen LogP contribution in [0.5, 0.6) is 11.5 Å². The number of hydrogen-bond acceptors (Lipinski definition) is 6. The fourth-order valence-corrected chi connectivity index (χ4v) is 3.64. The molecule has 2 aromatic carbocycles. The number of nitrogen functional groups attached to an aromatic ring is 1. The van der Waals surface area contributed by atoms with Gasteiger partial charge in [0.15, 0.2) is 11.5 Å². The highest BCUT2D eigenvalue weighted by Crippen LogP contribution is 2.36. The highest BCUT2D eigenvalue weighted by Gasteiger charge is 2.19. The Bertz CT molecular complexity index is 1070. The molecule has 148 valence electrons. The van der Waals surface area contributed by atoms with Gasteiger partial charge in [-0.2, -0.15) is 0 Å². The van der Waals surface area contributed by atoms with Gasteiger partial charge in [-0.3, -0.25) is 0 Å². The molecule has 7 heteroatoms. The molecule has 0 bridgehead atoms. The Morgan fingerprint density at radius 1 is 1.03 bits per heavy atom. The number of ether oxygens (including phenoxy) is 2. The summed E-state index contributed by atoms with van der Waals surface area (Å²) in [6.45, 7) is 0.654. The van der Waals surface area contributed by atoms with Crippen molar-refractivity contribution in [3.63, 3.8) is 0 Å². The molecule has 0 spiro atoms. The van der Waals surface area contributed by atoms with Crippen LogP contribution < -0.4 is 25.4 Å². The normalized spacial score (nSPS) is 12.4. The summed E-state index contributed by atoms with van der Waals surface area (Å²) in [5.41, 5.74) is 10.9. The second-order valence-corrected chi connectivity index (χ2v) is 7.82. The molecule has 0 radical (unpaired) electrons. The first kappa shape index (κ1) is 19.4. The summed E-state index contributed by atoms with van der Waals surface area (Å²) >= 11 is 2.29. The van der Waals surface area contributed by atoms with Crippen LogP contribution in [0, 0.1) is 3.57 Å². The molecule has 0 saturated heterocycles. The number of anilines is 4. The summed E-state index contributed by atoms with van der Waals surface area (Å²) in [7, 11) is 3.27. The number of halogens is 1. The van der Waals surface area contributed by atoms with Gasteiger partial charge in [0.1, 0.15) is 5.82 Å². The first-order valence-corrected chi connectivity index (χ1v) is 10.1. The van der Waals surface area contributed by atoms with E-state index in [0.29, 0.717) is 23.9 Å². The molecule has 6 nitrogen and oxygen atoms in total. The van der Waals surface area contributed by atoms with Crippen molar-refractivity contribution in [3.8, 4) is 11.5 Å². The zero-order valence-electron chi connectivity index (χ0n) is 16.1. The van der Waals surface area contributed by atoms with Gasteiger partial charge in [-0.1, -0.05) is 0 Å². The van der Waals surface area contributed by atoms with Crippen LogP contribution in [0.15, 0.2) is 54.7 Å². The van der Waals surface area contributed by atoms with Crippen molar-refractivity contribution in [2.24, 2.45) is 0 Å². The van der Waals surface area contributed by atoms with Gasteiger partial charge in [-0.15, -0.1) is 0 Å². The Morgan fingerprint density at radius 3 is 2.52 bits per heavy atom. The van der Waals surface area contributed by atoms with Gasteiger partial charge < -0.3 is 25.4 Å². The molecule has 0 saturated carbocycles. The van der Waals surface area contributed by atoms with Crippen LogP contribution in [-0.2, 0) is 6.54 Å².